The van der Waals surface area contributed by atoms with Crippen LogP contribution in [0.3, 0.4) is 0 Å². The van der Waals surface area contributed by atoms with Gasteiger partial charge in [-0.2, -0.15) is 12.1 Å². The number of aliphatic imine (C=N–C) groups is 1. The van der Waals surface area contributed by atoms with Crippen LogP contribution in [0.15, 0.2) is 77.8 Å². The van der Waals surface area contributed by atoms with Crippen molar-refractivity contribution in [3.63, 3.8) is 0 Å². The van der Waals surface area contributed by atoms with Crippen molar-refractivity contribution in [3.05, 3.63) is 90.3 Å². The second kappa shape index (κ2) is 11.5. The number of benzene rings is 2. The van der Waals surface area contributed by atoms with Crippen LogP contribution in [-0.2, 0) is 17.1 Å². The largest absolute Gasteiger partial charge is 0.385 e. The molecule has 1 heterocycles. The van der Waals surface area contributed by atoms with E-state index >= 15 is 0 Å². The van der Waals surface area contributed by atoms with Gasteiger partial charge in [-0.15, -0.1) is 6.07 Å². The number of nitrogens with zero attached hydrogens (tertiary/aromatic N) is 2. The van der Waals surface area contributed by atoms with Gasteiger partial charge < -0.3 is 4.98 Å². The molecule has 27 heavy (non-hydrogen) atoms. The van der Waals surface area contributed by atoms with Crippen LogP contribution < -0.4 is 0 Å². The van der Waals surface area contributed by atoms with Crippen molar-refractivity contribution in [2.75, 3.05) is 6.54 Å². The summed E-state index contributed by atoms with van der Waals surface area (Å²) in [4.78, 5) is 9.41. The third-order valence-corrected chi connectivity index (χ3v) is 4.40. The molecule has 0 fully saturated rings. The average Bonchev–Trinajstić information content (AvgIpc) is 2.72. The average molecular weight is 397 g/mol. The van der Waals surface area contributed by atoms with Gasteiger partial charge >= 0.3 is 0 Å². The van der Waals surface area contributed by atoms with Gasteiger partial charge in [-0.05, 0) is 28.8 Å². The summed E-state index contributed by atoms with van der Waals surface area (Å²) in [5, 5.41) is 0. The molecule has 0 amide bonds. The van der Waals surface area contributed by atoms with Crippen molar-refractivity contribution in [3.8, 4) is 11.1 Å². The van der Waals surface area contributed by atoms with E-state index in [0.717, 1.165) is 29.9 Å². The molecule has 1 aromatic heterocycles. The molecule has 2 nitrogen and oxygen atoms in total. The molecule has 0 aliphatic carbocycles. The van der Waals surface area contributed by atoms with Crippen molar-refractivity contribution < 1.29 is 17.1 Å². The number of unbranched alkanes of at least 4 members (excludes halogenated alkanes) is 3. The van der Waals surface area contributed by atoms with Gasteiger partial charge in [-0.25, -0.2) is 0 Å². The van der Waals surface area contributed by atoms with Crippen LogP contribution in [0, 0.1) is 6.20 Å². The zero-order valence-corrected chi connectivity index (χ0v) is 16.8. The fourth-order valence-corrected chi connectivity index (χ4v) is 3.05. The fourth-order valence-electron chi connectivity index (χ4n) is 3.05. The number of rotatable bonds is 8. The predicted molar refractivity (Wildman–Crippen MR) is 110 cm³/mol. The van der Waals surface area contributed by atoms with E-state index in [-0.39, 0.29) is 17.1 Å². The van der Waals surface area contributed by atoms with E-state index in [9.17, 15) is 0 Å². The summed E-state index contributed by atoms with van der Waals surface area (Å²) in [6, 6.07) is 24.7. The fraction of sp³-hybridized carbons (Fsp3) is 0.250. The molecule has 0 aliphatic heterocycles. The standard InChI is InChI=1S/C24H25N2.Fe/c1-2-3-4-11-19-26-24(23-17-10-12-18-25-23)22-16-9-8-15-21(22)20-13-6-5-7-14-20;/h5-10,12-17H,2-4,11,19H2,1H3;/q-1;. The van der Waals surface area contributed by atoms with Crippen molar-refractivity contribution in [1.82, 2.24) is 4.98 Å². The summed E-state index contributed by atoms with van der Waals surface area (Å²) in [5.41, 5.74) is 5.35. The molecule has 2 aromatic carbocycles. The molecule has 3 heteroatoms. The molecule has 0 radical (unpaired) electrons. The molecule has 0 bridgehead atoms. The Kier molecular flexibility index (Phi) is 8.97. The van der Waals surface area contributed by atoms with Gasteiger partial charge in [-0.3, -0.25) is 4.99 Å². The van der Waals surface area contributed by atoms with E-state index in [1.807, 2.05) is 24.3 Å². The van der Waals surface area contributed by atoms with E-state index in [0.29, 0.717) is 0 Å². The van der Waals surface area contributed by atoms with Crippen molar-refractivity contribution in [2.24, 2.45) is 4.99 Å². The Balaban J connectivity index is 0.00000261. The summed E-state index contributed by atoms with van der Waals surface area (Å²) >= 11 is 0. The van der Waals surface area contributed by atoms with Gasteiger partial charge in [0.25, 0.3) is 0 Å². The molecule has 0 aliphatic rings. The van der Waals surface area contributed by atoms with E-state index in [4.69, 9.17) is 4.99 Å². The van der Waals surface area contributed by atoms with E-state index in [1.54, 1.807) is 0 Å². The molecular weight excluding hydrogens is 372 g/mol. The number of pyridine rings is 1. The third kappa shape index (κ3) is 5.89. The second-order valence-electron chi connectivity index (χ2n) is 6.35. The van der Waals surface area contributed by atoms with Gasteiger partial charge in [-0.1, -0.05) is 87.0 Å². The third-order valence-electron chi connectivity index (χ3n) is 4.40. The zero-order valence-electron chi connectivity index (χ0n) is 15.7. The summed E-state index contributed by atoms with van der Waals surface area (Å²) in [6.45, 7) is 3.06. The smallest absolute Gasteiger partial charge is 0.0384 e. The van der Waals surface area contributed by atoms with Gasteiger partial charge in [0.1, 0.15) is 0 Å². The Morgan fingerprint density at radius 1 is 0.889 bits per heavy atom. The molecule has 0 unspecified atom stereocenters. The first-order valence-electron chi connectivity index (χ1n) is 9.43. The van der Waals surface area contributed by atoms with Crippen LogP contribution in [0.4, 0.5) is 0 Å². The second-order valence-corrected chi connectivity index (χ2v) is 6.35. The summed E-state index contributed by atoms with van der Waals surface area (Å²) in [7, 11) is 0. The Morgan fingerprint density at radius 2 is 1.67 bits per heavy atom. The monoisotopic (exact) mass is 397 g/mol. The number of hydrogen-bond acceptors (Lipinski definition) is 2. The number of hydrogen-bond donors (Lipinski definition) is 0. The zero-order chi connectivity index (χ0) is 18.0. The van der Waals surface area contributed by atoms with Crippen molar-refractivity contribution >= 4 is 5.71 Å². The van der Waals surface area contributed by atoms with E-state index < -0.39 is 0 Å². The van der Waals surface area contributed by atoms with Gasteiger partial charge in [0, 0.05) is 29.3 Å². The van der Waals surface area contributed by atoms with Crippen molar-refractivity contribution in [2.45, 2.75) is 32.6 Å². The SMILES string of the molecule is CCCCCCN=C(c1ccc[c-]n1)c1ccccc1-c1ccccc1.[Fe]. The number of aromatic nitrogens is 1. The Hall–Kier alpha value is -2.22. The molecule has 0 spiro atoms. The molecule has 3 aromatic rings. The van der Waals surface area contributed by atoms with Crippen LogP contribution in [0.1, 0.15) is 43.9 Å². The maximum atomic E-state index is 4.96. The predicted octanol–water partition coefficient (Wildman–Crippen LogP) is 5.96. The molecule has 0 atom stereocenters. The van der Waals surface area contributed by atoms with Crippen LogP contribution in [0.25, 0.3) is 11.1 Å². The van der Waals surface area contributed by atoms with Crippen LogP contribution in [0.2, 0.25) is 0 Å². The van der Waals surface area contributed by atoms with Gasteiger partial charge in [0.2, 0.25) is 0 Å². The van der Waals surface area contributed by atoms with E-state index in [1.165, 1.54) is 30.4 Å². The van der Waals surface area contributed by atoms with Crippen molar-refractivity contribution in [1.29, 1.82) is 0 Å². The molecule has 0 saturated carbocycles. The maximum absolute atomic E-state index is 4.96. The molecule has 3 rings (SSSR count). The molecule has 140 valence electrons. The van der Waals surface area contributed by atoms with Gasteiger partial charge in [0.05, 0.1) is 0 Å². The summed E-state index contributed by atoms with van der Waals surface area (Å²) < 4.78 is 0. The topological polar surface area (TPSA) is 25.2 Å². The summed E-state index contributed by atoms with van der Waals surface area (Å²) in [6.07, 6.45) is 7.79. The molecular formula is C24H25FeN2-. The molecule has 0 N–H and O–H groups in total. The first-order chi connectivity index (χ1) is 12.9. The van der Waals surface area contributed by atoms with Gasteiger partial charge in [0.15, 0.2) is 0 Å². The minimum Gasteiger partial charge on any atom is -0.385 e. The Labute approximate surface area is 173 Å². The Bertz CT molecular complexity index is 829. The van der Waals surface area contributed by atoms with E-state index in [2.05, 4.69) is 66.6 Å². The van der Waals surface area contributed by atoms with Crippen LogP contribution in [0.5, 0.6) is 0 Å². The minimum absolute atomic E-state index is 0. The van der Waals surface area contributed by atoms with Crippen LogP contribution >= 0.6 is 0 Å². The summed E-state index contributed by atoms with van der Waals surface area (Å²) in [5.74, 6) is 0. The first kappa shape index (κ1) is 21.1. The first-order valence-corrected chi connectivity index (χ1v) is 9.43. The quantitative estimate of drug-likeness (QED) is 0.199. The molecule has 0 saturated heterocycles. The Morgan fingerprint density at radius 3 is 2.41 bits per heavy atom. The van der Waals surface area contributed by atoms with Crippen LogP contribution in [-0.4, -0.2) is 17.2 Å². The minimum atomic E-state index is 0. The maximum Gasteiger partial charge on any atom is 0.0384 e. The normalized spacial score (nSPS) is 11.1.